The van der Waals surface area contributed by atoms with Crippen LogP contribution in [-0.2, 0) is 16.1 Å². The summed E-state index contributed by atoms with van der Waals surface area (Å²) >= 11 is 0. The Labute approximate surface area is 174 Å². The van der Waals surface area contributed by atoms with Crippen LogP contribution in [0.5, 0.6) is 0 Å². The maximum absolute atomic E-state index is 15.3. The van der Waals surface area contributed by atoms with E-state index >= 15 is 4.39 Å². The Balaban J connectivity index is 1.60. The Bertz CT molecular complexity index is 946. The van der Waals surface area contributed by atoms with Gasteiger partial charge in [0.2, 0.25) is 0 Å². The minimum absolute atomic E-state index is 0.0864. The first-order valence-corrected chi connectivity index (χ1v) is 10.1. The van der Waals surface area contributed by atoms with Gasteiger partial charge < -0.3 is 20.1 Å². The van der Waals surface area contributed by atoms with Gasteiger partial charge in [-0.25, -0.2) is 14.0 Å². The second kappa shape index (κ2) is 8.34. The van der Waals surface area contributed by atoms with E-state index in [0.717, 1.165) is 18.4 Å². The highest BCUT2D eigenvalue weighted by Gasteiger charge is 2.44. The van der Waals surface area contributed by atoms with E-state index in [-0.39, 0.29) is 29.7 Å². The first kappa shape index (κ1) is 20.2. The summed E-state index contributed by atoms with van der Waals surface area (Å²) in [6, 6.07) is 11.9. The molecule has 1 aliphatic carbocycles. The van der Waals surface area contributed by atoms with Gasteiger partial charge in [-0.2, -0.15) is 0 Å². The van der Waals surface area contributed by atoms with E-state index in [1.54, 1.807) is 6.07 Å². The standard InChI is InChI=1S/C23H25FN2O4/c1-13-20(15-8-9-15)25-17-11-10-16(22(27)29-2)19(24)18(17)21(13)26-23(28)30-12-14-6-4-3-5-7-14/h3-7,10-11,13,15,20-21,25H,8-9,12H2,1-2H3,(H,26,28)/t13-,20+,21+/m0/s1. The molecule has 1 saturated carbocycles. The number of ether oxygens (including phenoxy) is 2. The molecule has 3 atom stereocenters. The molecule has 2 aromatic carbocycles. The summed E-state index contributed by atoms with van der Waals surface area (Å²) in [7, 11) is 1.21. The van der Waals surface area contributed by atoms with Crippen LogP contribution in [0.15, 0.2) is 42.5 Å². The Morgan fingerprint density at radius 1 is 1.17 bits per heavy atom. The summed E-state index contributed by atoms with van der Waals surface area (Å²) in [4.78, 5) is 24.5. The number of rotatable bonds is 5. The van der Waals surface area contributed by atoms with Gasteiger partial charge >= 0.3 is 12.1 Å². The van der Waals surface area contributed by atoms with Gasteiger partial charge in [0.25, 0.3) is 0 Å². The highest BCUT2D eigenvalue weighted by molar-refractivity contribution is 5.91. The zero-order valence-corrected chi connectivity index (χ0v) is 17.0. The highest BCUT2D eigenvalue weighted by atomic mass is 19.1. The van der Waals surface area contributed by atoms with Crippen LogP contribution in [0.3, 0.4) is 0 Å². The normalized spacial score (nSPS) is 22.4. The van der Waals surface area contributed by atoms with Gasteiger partial charge in [0.05, 0.1) is 18.7 Å². The first-order valence-electron chi connectivity index (χ1n) is 10.1. The number of nitrogens with one attached hydrogen (secondary N) is 2. The van der Waals surface area contributed by atoms with Crippen LogP contribution < -0.4 is 10.6 Å². The largest absolute Gasteiger partial charge is 0.465 e. The third kappa shape index (κ3) is 3.97. The molecule has 6 nitrogen and oxygen atoms in total. The molecule has 158 valence electrons. The Morgan fingerprint density at radius 3 is 2.57 bits per heavy atom. The molecular formula is C23H25FN2O4. The molecular weight excluding hydrogens is 387 g/mol. The van der Waals surface area contributed by atoms with Gasteiger partial charge in [0.1, 0.15) is 12.4 Å². The molecule has 0 bridgehead atoms. The SMILES string of the molecule is COC(=O)c1ccc2c(c1F)[C@H](NC(=O)OCc1ccccc1)[C@@H](C)[C@H](C1CC1)N2. The summed E-state index contributed by atoms with van der Waals surface area (Å²) in [5, 5.41) is 6.25. The predicted molar refractivity (Wildman–Crippen MR) is 110 cm³/mol. The topological polar surface area (TPSA) is 76.7 Å². The van der Waals surface area contributed by atoms with Crippen LogP contribution in [0.4, 0.5) is 14.9 Å². The molecule has 2 aromatic rings. The molecule has 1 amide bonds. The number of methoxy groups -OCH3 is 1. The number of amides is 1. The lowest BCUT2D eigenvalue weighted by Crippen LogP contribution is -2.45. The number of halogens is 1. The Kier molecular flexibility index (Phi) is 5.61. The van der Waals surface area contributed by atoms with Gasteiger partial charge in [-0.3, -0.25) is 0 Å². The van der Waals surface area contributed by atoms with Crippen LogP contribution >= 0.6 is 0 Å². The van der Waals surface area contributed by atoms with E-state index in [4.69, 9.17) is 9.47 Å². The molecule has 7 heteroatoms. The number of anilines is 1. The number of esters is 1. The number of benzene rings is 2. The van der Waals surface area contributed by atoms with Crippen LogP contribution in [-0.4, -0.2) is 25.2 Å². The molecule has 2 aliphatic rings. The quantitative estimate of drug-likeness (QED) is 0.711. The molecule has 0 unspecified atom stereocenters. The van der Waals surface area contributed by atoms with Crippen molar-refractivity contribution in [2.24, 2.45) is 11.8 Å². The second-order valence-electron chi connectivity index (χ2n) is 7.93. The summed E-state index contributed by atoms with van der Waals surface area (Å²) in [5.74, 6) is -1.03. The lowest BCUT2D eigenvalue weighted by Gasteiger charge is -2.39. The van der Waals surface area contributed by atoms with E-state index < -0.39 is 23.9 Å². The summed E-state index contributed by atoms with van der Waals surface area (Å²) in [6.45, 7) is 2.10. The average molecular weight is 412 g/mol. The molecule has 0 spiro atoms. The maximum atomic E-state index is 15.3. The van der Waals surface area contributed by atoms with Crippen LogP contribution in [0.25, 0.3) is 0 Å². The van der Waals surface area contributed by atoms with Crippen molar-refractivity contribution in [1.29, 1.82) is 0 Å². The number of hydrogen-bond donors (Lipinski definition) is 2. The molecule has 2 N–H and O–H groups in total. The van der Waals surface area contributed by atoms with Crippen LogP contribution in [0, 0.1) is 17.7 Å². The molecule has 1 aliphatic heterocycles. The highest BCUT2D eigenvalue weighted by Crippen LogP contribution is 2.46. The van der Waals surface area contributed by atoms with E-state index in [1.807, 2.05) is 37.3 Å². The van der Waals surface area contributed by atoms with Gasteiger partial charge in [-0.15, -0.1) is 0 Å². The predicted octanol–water partition coefficient (Wildman–Crippen LogP) is 4.42. The fourth-order valence-corrected chi connectivity index (χ4v) is 4.17. The minimum Gasteiger partial charge on any atom is -0.465 e. The molecule has 0 radical (unpaired) electrons. The maximum Gasteiger partial charge on any atom is 0.407 e. The fraction of sp³-hybridized carbons (Fsp3) is 0.391. The van der Waals surface area contributed by atoms with Crippen molar-refractivity contribution in [3.05, 3.63) is 65.0 Å². The van der Waals surface area contributed by atoms with Gasteiger partial charge in [0.15, 0.2) is 0 Å². The third-order valence-electron chi connectivity index (χ3n) is 5.93. The zero-order chi connectivity index (χ0) is 21.3. The van der Waals surface area contributed by atoms with E-state index in [0.29, 0.717) is 11.6 Å². The van der Waals surface area contributed by atoms with Crippen molar-refractivity contribution in [1.82, 2.24) is 5.32 Å². The molecule has 1 fully saturated rings. The van der Waals surface area contributed by atoms with Crippen LogP contribution in [0.2, 0.25) is 0 Å². The molecule has 0 aromatic heterocycles. The lowest BCUT2D eigenvalue weighted by molar-refractivity contribution is 0.0595. The number of carbonyl (C=O) groups excluding carboxylic acids is 2. The second-order valence-corrected chi connectivity index (χ2v) is 7.93. The average Bonchev–Trinajstić information content (AvgIpc) is 3.59. The Hall–Kier alpha value is -3.09. The molecule has 1 heterocycles. The minimum atomic E-state index is -0.752. The van der Waals surface area contributed by atoms with Crippen molar-refractivity contribution in [2.45, 2.75) is 38.5 Å². The van der Waals surface area contributed by atoms with Gasteiger partial charge in [-0.1, -0.05) is 37.3 Å². The summed E-state index contributed by atoms with van der Waals surface area (Å²) in [6.07, 6.45) is 1.58. The van der Waals surface area contributed by atoms with Gasteiger partial charge in [0, 0.05) is 23.2 Å². The molecule has 4 rings (SSSR count). The Morgan fingerprint density at radius 2 is 1.90 bits per heavy atom. The summed E-state index contributed by atoms with van der Waals surface area (Å²) < 4.78 is 25.4. The number of hydrogen-bond acceptors (Lipinski definition) is 5. The van der Waals surface area contributed by atoms with E-state index in [9.17, 15) is 9.59 Å². The van der Waals surface area contributed by atoms with Crippen molar-refractivity contribution >= 4 is 17.7 Å². The smallest absolute Gasteiger partial charge is 0.407 e. The van der Waals surface area contributed by atoms with Crippen molar-refractivity contribution in [2.75, 3.05) is 12.4 Å². The van der Waals surface area contributed by atoms with E-state index in [2.05, 4.69) is 10.6 Å². The fourth-order valence-electron chi connectivity index (χ4n) is 4.17. The van der Waals surface area contributed by atoms with Crippen LogP contribution in [0.1, 0.15) is 47.3 Å². The first-order chi connectivity index (χ1) is 14.5. The number of alkyl carbamates (subject to hydrolysis) is 1. The molecule has 0 saturated heterocycles. The molecule has 30 heavy (non-hydrogen) atoms. The third-order valence-corrected chi connectivity index (χ3v) is 5.93. The lowest BCUT2D eigenvalue weighted by atomic mass is 9.81. The summed E-state index contributed by atoms with van der Waals surface area (Å²) in [5.41, 5.74) is 1.56. The zero-order valence-electron chi connectivity index (χ0n) is 17.0. The van der Waals surface area contributed by atoms with Crippen molar-refractivity contribution < 1.29 is 23.5 Å². The number of fused-ring (bicyclic) bond motifs is 1. The van der Waals surface area contributed by atoms with E-state index in [1.165, 1.54) is 13.2 Å². The van der Waals surface area contributed by atoms with Gasteiger partial charge in [-0.05, 0) is 36.5 Å². The monoisotopic (exact) mass is 412 g/mol. The van der Waals surface area contributed by atoms with Crippen molar-refractivity contribution in [3.63, 3.8) is 0 Å². The number of carbonyl (C=O) groups is 2. The van der Waals surface area contributed by atoms with Crippen molar-refractivity contribution in [3.8, 4) is 0 Å².